The summed E-state index contributed by atoms with van der Waals surface area (Å²) in [6.07, 6.45) is -1.64. The van der Waals surface area contributed by atoms with E-state index in [-0.39, 0.29) is 31.1 Å². The number of fused-ring (bicyclic) bond motifs is 1. The van der Waals surface area contributed by atoms with Gasteiger partial charge in [0.1, 0.15) is 12.4 Å². The quantitative estimate of drug-likeness (QED) is 0.236. The molecule has 4 rings (SSSR count). The lowest BCUT2D eigenvalue weighted by atomic mass is 10.1. The number of carbonyl (C=O) groups excluding carboxylic acids is 2. The maximum absolute atomic E-state index is 13.6. The fourth-order valence-corrected chi connectivity index (χ4v) is 4.49. The number of hydrogen-bond donors (Lipinski definition) is 1. The Hall–Kier alpha value is -4.14. The van der Waals surface area contributed by atoms with E-state index in [0.717, 1.165) is 34.2 Å². The average Bonchev–Trinajstić information content (AvgIpc) is 3.34. The lowest BCUT2D eigenvalue weighted by Crippen LogP contribution is -2.43. The highest BCUT2D eigenvalue weighted by atomic mass is 19.4. The molecule has 0 spiro atoms. The molecule has 0 fully saturated rings. The minimum absolute atomic E-state index is 0.130. The van der Waals surface area contributed by atoms with Crippen LogP contribution in [0.3, 0.4) is 0 Å². The van der Waals surface area contributed by atoms with Crippen LogP contribution in [0.5, 0.6) is 0 Å². The summed E-state index contributed by atoms with van der Waals surface area (Å²) in [4.78, 5) is 32.8. The third-order valence-electron chi connectivity index (χ3n) is 6.51. The highest BCUT2D eigenvalue weighted by Gasteiger charge is 2.31. The Labute approximate surface area is 224 Å². The SMILES string of the molecule is CCCN(CC(=O)N(CCc1c[nH]c2ccccc12)Cc1ccc(F)cc1)C(=O)c1cccc(C(F)(F)F)c1. The van der Waals surface area contributed by atoms with Gasteiger partial charge in [0.15, 0.2) is 0 Å². The van der Waals surface area contributed by atoms with E-state index in [0.29, 0.717) is 19.4 Å². The molecule has 9 heteroatoms. The summed E-state index contributed by atoms with van der Waals surface area (Å²) < 4.78 is 53.1. The van der Waals surface area contributed by atoms with Crippen LogP contribution in [0.2, 0.25) is 0 Å². The van der Waals surface area contributed by atoms with Gasteiger partial charge in [0.25, 0.3) is 5.91 Å². The number of aromatic nitrogens is 1. The van der Waals surface area contributed by atoms with Crippen molar-refractivity contribution in [1.82, 2.24) is 14.8 Å². The zero-order valence-corrected chi connectivity index (χ0v) is 21.5. The molecule has 5 nitrogen and oxygen atoms in total. The van der Waals surface area contributed by atoms with E-state index in [9.17, 15) is 27.2 Å². The second kappa shape index (κ2) is 12.1. The maximum Gasteiger partial charge on any atom is 0.416 e. The number of H-pyrrole nitrogens is 1. The van der Waals surface area contributed by atoms with Crippen LogP contribution in [0.1, 0.15) is 40.4 Å². The van der Waals surface area contributed by atoms with Crippen molar-refractivity contribution in [1.29, 1.82) is 0 Å². The van der Waals surface area contributed by atoms with Gasteiger partial charge in [-0.05, 0) is 60.4 Å². The summed E-state index contributed by atoms with van der Waals surface area (Å²) in [6, 6.07) is 17.9. The smallest absolute Gasteiger partial charge is 0.361 e. The minimum atomic E-state index is -4.59. The molecule has 0 aliphatic rings. The number of hydrogen-bond acceptors (Lipinski definition) is 2. The third-order valence-corrected chi connectivity index (χ3v) is 6.51. The Morgan fingerprint density at radius 1 is 0.897 bits per heavy atom. The number of halogens is 4. The molecule has 0 saturated heterocycles. The Balaban J connectivity index is 1.55. The summed E-state index contributed by atoms with van der Waals surface area (Å²) >= 11 is 0. The molecule has 4 aromatic rings. The molecule has 2 amide bonds. The van der Waals surface area contributed by atoms with Crippen molar-refractivity contribution < 1.29 is 27.2 Å². The van der Waals surface area contributed by atoms with E-state index in [4.69, 9.17) is 0 Å². The van der Waals surface area contributed by atoms with E-state index < -0.39 is 23.5 Å². The largest absolute Gasteiger partial charge is 0.416 e. The van der Waals surface area contributed by atoms with Crippen LogP contribution in [-0.2, 0) is 23.9 Å². The predicted molar refractivity (Wildman–Crippen MR) is 141 cm³/mol. The number of amides is 2. The van der Waals surface area contributed by atoms with Crippen molar-refractivity contribution in [3.63, 3.8) is 0 Å². The number of nitrogens with one attached hydrogen (secondary N) is 1. The molecule has 0 radical (unpaired) electrons. The van der Waals surface area contributed by atoms with E-state index in [1.165, 1.54) is 29.2 Å². The van der Waals surface area contributed by atoms with E-state index in [1.54, 1.807) is 17.0 Å². The second-order valence-electron chi connectivity index (χ2n) is 9.36. The van der Waals surface area contributed by atoms with Gasteiger partial charge in [-0.25, -0.2) is 4.39 Å². The van der Waals surface area contributed by atoms with Gasteiger partial charge in [0.05, 0.1) is 5.56 Å². The molecule has 1 aromatic heterocycles. The standard InChI is InChI=1S/C30H29F4N3O2/c1-2-15-37(29(39)22-6-5-7-24(17-22)30(32,33)34)20-28(38)36(19-21-10-12-25(31)13-11-21)16-14-23-18-35-27-9-4-3-8-26(23)27/h3-13,17-18,35H,2,14-16,19-20H2,1H3. The first-order valence-electron chi connectivity index (χ1n) is 12.7. The number of nitrogens with zero attached hydrogens (tertiary/aromatic N) is 2. The number of aromatic amines is 1. The first-order valence-corrected chi connectivity index (χ1v) is 12.7. The monoisotopic (exact) mass is 539 g/mol. The van der Waals surface area contributed by atoms with Crippen molar-refractivity contribution in [3.05, 3.63) is 107 Å². The van der Waals surface area contributed by atoms with E-state index >= 15 is 0 Å². The molecule has 0 bridgehead atoms. The number of alkyl halides is 3. The third kappa shape index (κ3) is 7.04. The van der Waals surface area contributed by atoms with Gasteiger partial charge < -0.3 is 14.8 Å². The van der Waals surface area contributed by atoms with Gasteiger partial charge in [0.2, 0.25) is 5.91 Å². The molecule has 0 atom stereocenters. The molecule has 39 heavy (non-hydrogen) atoms. The van der Waals surface area contributed by atoms with Crippen molar-refractivity contribution in [2.24, 2.45) is 0 Å². The summed E-state index contributed by atoms with van der Waals surface area (Å²) in [7, 11) is 0. The molecular weight excluding hydrogens is 510 g/mol. The molecule has 1 N–H and O–H groups in total. The Bertz CT molecular complexity index is 1430. The van der Waals surface area contributed by atoms with Gasteiger partial charge >= 0.3 is 6.18 Å². The van der Waals surface area contributed by atoms with Crippen molar-refractivity contribution in [2.45, 2.75) is 32.5 Å². The molecule has 1 heterocycles. The number of rotatable bonds is 10. The molecule has 0 unspecified atom stereocenters. The lowest BCUT2D eigenvalue weighted by molar-refractivity contribution is -0.137. The summed E-state index contributed by atoms with van der Waals surface area (Å²) in [5.74, 6) is -1.39. The Morgan fingerprint density at radius 3 is 2.36 bits per heavy atom. The van der Waals surface area contributed by atoms with E-state index in [2.05, 4.69) is 4.98 Å². The summed E-state index contributed by atoms with van der Waals surface area (Å²) in [5, 5.41) is 1.04. The Morgan fingerprint density at radius 2 is 1.64 bits per heavy atom. The maximum atomic E-state index is 13.6. The molecule has 0 saturated carbocycles. The molecule has 204 valence electrons. The fourth-order valence-electron chi connectivity index (χ4n) is 4.49. The number of carbonyl (C=O) groups is 2. The van der Waals surface area contributed by atoms with Gasteiger partial charge in [-0.15, -0.1) is 0 Å². The van der Waals surface area contributed by atoms with Crippen LogP contribution in [-0.4, -0.2) is 46.2 Å². The molecule has 0 aliphatic heterocycles. The first-order chi connectivity index (χ1) is 18.7. The van der Waals surface area contributed by atoms with Crippen LogP contribution in [0.4, 0.5) is 17.6 Å². The van der Waals surface area contributed by atoms with Crippen LogP contribution >= 0.6 is 0 Å². The van der Waals surface area contributed by atoms with Crippen molar-refractivity contribution in [2.75, 3.05) is 19.6 Å². The number of benzene rings is 3. The predicted octanol–water partition coefficient (Wildman–Crippen LogP) is 6.45. The second-order valence-corrected chi connectivity index (χ2v) is 9.36. The zero-order valence-electron chi connectivity index (χ0n) is 21.5. The average molecular weight is 540 g/mol. The van der Waals surface area contributed by atoms with Crippen LogP contribution in [0.15, 0.2) is 79.0 Å². The number of para-hydroxylation sites is 1. The Kier molecular flexibility index (Phi) is 8.69. The van der Waals surface area contributed by atoms with E-state index in [1.807, 2.05) is 37.4 Å². The lowest BCUT2D eigenvalue weighted by Gasteiger charge is -2.28. The van der Waals surface area contributed by atoms with Crippen LogP contribution in [0.25, 0.3) is 10.9 Å². The van der Waals surface area contributed by atoms with Gasteiger partial charge in [0, 0.05) is 42.3 Å². The summed E-state index contributed by atoms with van der Waals surface area (Å²) in [6.45, 7) is 2.25. The van der Waals surface area contributed by atoms with Crippen LogP contribution in [0, 0.1) is 5.82 Å². The van der Waals surface area contributed by atoms with Gasteiger partial charge in [-0.2, -0.15) is 13.2 Å². The highest BCUT2D eigenvalue weighted by Crippen LogP contribution is 2.30. The molecular formula is C30H29F4N3O2. The van der Waals surface area contributed by atoms with Crippen molar-refractivity contribution >= 4 is 22.7 Å². The highest BCUT2D eigenvalue weighted by molar-refractivity contribution is 5.96. The first kappa shape index (κ1) is 27.9. The molecule has 3 aromatic carbocycles. The molecule has 0 aliphatic carbocycles. The van der Waals surface area contributed by atoms with Crippen molar-refractivity contribution in [3.8, 4) is 0 Å². The topological polar surface area (TPSA) is 56.4 Å². The van der Waals surface area contributed by atoms with Crippen LogP contribution < -0.4 is 0 Å². The minimum Gasteiger partial charge on any atom is -0.361 e. The fraction of sp³-hybridized carbons (Fsp3) is 0.267. The van der Waals surface area contributed by atoms with Gasteiger partial charge in [-0.3, -0.25) is 9.59 Å². The summed E-state index contributed by atoms with van der Waals surface area (Å²) in [5.41, 5.74) is 1.66. The zero-order chi connectivity index (χ0) is 28.0. The van der Waals surface area contributed by atoms with Gasteiger partial charge in [-0.1, -0.05) is 43.3 Å². The normalized spacial score (nSPS) is 11.5.